The average Bonchev–Trinajstić information content (AvgIpc) is 3.50. The summed E-state index contributed by atoms with van der Waals surface area (Å²) >= 11 is 0. The van der Waals surface area contributed by atoms with Crippen molar-refractivity contribution in [3.05, 3.63) is 113 Å². The van der Waals surface area contributed by atoms with Gasteiger partial charge in [0.05, 0.1) is 30.5 Å². The van der Waals surface area contributed by atoms with E-state index in [0.29, 0.717) is 17.3 Å². The molecule has 3 aromatic carbocycles. The molecule has 0 aliphatic carbocycles. The number of nitrogens with one attached hydrogen (secondary N) is 1. The number of alkyl halides is 3. The van der Waals surface area contributed by atoms with E-state index in [4.69, 9.17) is 15.0 Å². The first-order valence-corrected chi connectivity index (χ1v) is 15.7. The summed E-state index contributed by atoms with van der Waals surface area (Å²) < 4.78 is 61.5. The molecule has 266 valence electrons. The van der Waals surface area contributed by atoms with Crippen molar-refractivity contribution < 1.29 is 41.9 Å². The molecule has 0 bridgehead atoms. The molecule has 16 heteroatoms. The van der Waals surface area contributed by atoms with Gasteiger partial charge in [0, 0.05) is 36.6 Å². The second kappa shape index (κ2) is 15.1. The van der Waals surface area contributed by atoms with Crippen LogP contribution < -0.4 is 16.1 Å². The Morgan fingerprint density at radius 2 is 1.76 bits per heavy atom. The fourth-order valence-corrected chi connectivity index (χ4v) is 6.24. The predicted molar refractivity (Wildman–Crippen MR) is 174 cm³/mol. The smallest absolute Gasteiger partial charge is 0.380 e. The van der Waals surface area contributed by atoms with Gasteiger partial charge in [-0.15, -0.1) is 0 Å². The van der Waals surface area contributed by atoms with Crippen LogP contribution in [0.3, 0.4) is 0 Å². The van der Waals surface area contributed by atoms with Crippen molar-refractivity contribution in [3.8, 4) is 11.8 Å². The molecular formula is C35H33F4N7O5. The summed E-state index contributed by atoms with van der Waals surface area (Å²) in [6.45, 7) is 2.31. The molecule has 1 fully saturated rings. The number of likely N-dealkylation sites (N-methyl/N-ethyl adjacent to an activating group) is 1. The number of nitrogens with zero attached hydrogens (tertiary/aromatic N) is 5. The van der Waals surface area contributed by atoms with Crippen LogP contribution in [0.25, 0.3) is 5.69 Å². The van der Waals surface area contributed by atoms with Crippen LogP contribution in [0.5, 0.6) is 0 Å². The number of benzene rings is 3. The summed E-state index contributed by atoms with van der Waals surface area (Å²) in [7, 11) is 1.47. The highest BCUT2D eigenvalue weighted by atomic mass is 19.4. The van der Waals surface area contributed by atoms with Crippen molar-refractivity contribution in [2.45, 2.75) is 31.1 Å². The third kappa shape index (κ3) is 7.04. The van der Waals surface area contributed by atoms with Crippen LogP contribution in [-0.4, -0.2) is 76.5 Å². The molecule has 2 aliphatic rings. The zero-order chi connectivity index (χ0) is 37.0. The zero-order valence-electron chi connectivity index (χ0n) is 27.3. The topological polar surface area (TPSA) is 167 Å². The molecule has 0 spiro atoms. The maximum Gasteiger partial charge on any atom is 0.416 e. The Bertz CT molecular complexity index is 1940. The van der Waals surface area contributed by atoms with Crippen LogP contribution in [0.1, 0.15) is 50.4 Å². The number of anilines is 1. The number of carbonyl (C=O) groups is 3. The first-order valence-electron chi connectivity index (χ1n) is 15.7. The first kappa shape index (κ1) is 36.6. The lowest BCUT2D eigenvalue weighted by molar-refractivity contribution is -0.137. The van der Waals surface area contributed by atoms with Crippen LogP contribution in [-0.2, 0) is 15.7 Å². The fraction of sp³-hybridized carbons (Fsp3) is 0.286. The number of nitrogens with two attached hydrogens (primary N) is 1. The summed E-state index contributed by atoms with van der Waals surface area (Å²) in [5, 5.41) is 23.9. The number of para-hydroxylation sites is 1. The first-order chi connectivity index (χ1) is 24.4. The van der Waals surface area contributed by atoms with Gasteiger partial charge in [0.2, 0.25) is 0 Å². The molecule has 1 saturated heterocycles. The van der Waals surface area contributed by atoms with Crippen LogP contribution in [0.4, 0.5) is 23.4 Å². The molecular weight excluding hydrogens is 674 g/mol. The van der Waals surface area contributed by atoms with E-state index in [1.54, 1.807) is 37.3 Å². The van der Waals surface area contributed by atoms with Gasteiger partial charge in [-0.3, -0.25) is 19.3 Å². The highest BCUT2D eigenvalue weighted by Gasteiger charge is 2.48. The number of halogens is 4. The fourth-order valence-electron chi connectivity index (χ4n) is 6.24. The number of nitriles is 1. The second-order valence-electron chi connectivity index (χ2n) is 11.8. The van der Waals surface area contributed by atoms with Crippen LogP contribution in [0.15, 0.2) is 78.9 Å². The van der Waals surface area contributed by atoms with E-state index in [-0.39, 0.29) is 48.3 Å². The Morgan fingerprint density at radius 1 is 1.10 bits per heavy atom. The SMILES string of the molecule is CCN1C(=O)C(NC(=O)c2cccc(C(F)(F)F)c2)C(c2ccc(F)cc2)c2c(C(=O)N(C)[C@@H](C#N)C3COC3)nn(-c3ccccc3)c21.NO. The van der Waals surface area contributed by atoms with Gasteiger partial charge in [0.25, 0.3) is 17.7 Å². The third-order valence-electron chi connectivity index (χ3n) is 8.80. The lowest BCUT2D eigenvalue weighted by Crippen LogP contribution is -2.56. The maximum absolute atomic E-state index is 14.4. The summed E-state index contributed by atoms with van der Waals surface area (Å²) in [6.07, 6.45) is -4.72. The van der Waals surface area contributed by atoms with E-state index in [1.807, 2.05) is 0 Å². The minimum atomic E-state index is -4.72. The number of hydrogen-bond donors (Lipinski definition) is 3. The quantitative estimate of drug-likeness (QED) is 0.180. The minimum Gasteiger partial charge on any atom is -0.380 e. The van der Waals surface area contributed by atoms with Crippen molar-refractivity contribution in [1.29, 1.82) is 5.26 Å². The third-order valence-corrected chi connectivity index (χ3v) is 8.80. The predicted octanol–water partition coefficient (Wildman–Crippen LogP) is 4.27. The molecule has 51 heavy (non-hydrogen) atoms. The van der Waals surface area contributed by atoms with Gasteiger partial charge < -0.3 is 20.2 Å². The Hall–Kier alpha value is -5.63. The molecule has 12 nitrogen and oxygen atoms in total. The largest absolute Gasteiger partial charge is 0.416 e. The van der Waals surface area contributed by atoms with Crippen LogP contribution in [0.2, 0.25) is 0 Å². The molecule has 1 aromatic heterocycles. The molecule has 4 N–H and O–H groups in total. The Morgan fingerprint density at radius 3 is 2.33 bits per heavy atom. The van der Waals surface area contributed by atoms with Gasteiger partial charge >= 0.3 is 6.18 Å². The number of fused-ring (bicyclic) bond motifs is 1. The van der Waals surface area contributed by atoms with Crippen LogP contribution in [0, 0.1) is 23.1 Å². The van der Waals surface area contributed by atoms with E-state index >= 15 is 0 Å². The Labute approximate surface area is 289 Å². The molecule has 3 atom stereocenters. The number of aromatic nitrogens is 2. The lowest BCUT2D eigenvalue weighted by Gasteiger charge is -2.39. The highest BCUT2D eigenvalue weighted by Crippen LogP contribution is 2.44. The number of ether oxygens (including phenoxy) is 1. The number of carbonyl (C=O) groups excluding carboxylic acids is 3. The van der Waals surface area contributed by atoms with Gasteiger partial charge in [-0.25, -0.2) is 15.0 Å². The van der Waals surface area contributed by atoms with Gasteiger partial charge in [0.15, 0.2) is 5.69 Å². The van der Waals surface area contributed by atoms with Crippen LogP contribution >= 0.6 is 0 Å². The van der Waals surface area contributed by atoms with Gasteiger partial charge in [-0.2, -0.15) is 23.5 Å². The Balaban J connectivity index is 0.00000248. The molecule has 4 aromatic rings. The van der Waals surface area contributed by atoms with Crippen molar-refractivity contribution in [3.63, 3.8) is 0 Å². The standard InChI is InChI=1S/C35H30F4N6O4.H3NO/c1-3-44-32-28(30(42-45(32)25-10-5-4-6-11-25)33(47)43(2)26(17-40)22-18-49-19-22)27(20-12-14-24(36)15-13-20)29(34(44)48)41-31(46)21-8-7-9-23(16-21)35(37,38)39;1-2/h4-16,22,26-27,29H,3,18-19H2,1-2H3,(H,41,46);2H,1H2/t26-,27?,29?;/m0./s1. The molecule has 0 radical (unpaired) electrons. The summed E-state index contributed by atoms with van der Waals surface area (Å²) in [5.74, 6) is -0.507. The Kier molecular flexibility index (Phi) is 10.8. The number of rotatable bonds is 8. The normalized spacial score (nSPS) is 17.6. The van der Waals surface area contributed by atoms with E-state index in [2.05, 4.69) is 17.3 Å². The van der Waals surface area contributed by atoms with Gasteiger partial charge in [0.1, 0.15) is 23.7 Å². The van der Waals surface area contributed by atoms with E-state index in [0.717, 1.165) is 24.3 Å². The molecule has 6 rings (SSSR count). The molecule has 3 amide bonds. The maximum atomic E-state index is 14.4. The number of amides is 3. The lowest BCUT2D eigenvalue weighted by atomic mass is 9.80. The monoisotopic (exact) mass is 707 g/mol. The summed E-state index contributed by atoms with van der Waals surface area (Å²) in [5.41, 5.74) is -0.475. The van der Waals surface area contributed by atoms with E-state index in [9.17, 15) is 37.2 Å². The second-order valence-corrected chi connectivity index (χ2v) is 11.8. The summed E-state index contributed by atoms with van der Waals surface area (Å²) in [6, 6.07) is 17.5. The molecule has 2 aliphatic heterocycles. The summed E-state index contributed by atoms with van der Waals surface area (Å²) in [4.78, 5) is 45.0. The van der Waals surface area contributed by atoms with Crippen molar-refractivity contribution in [1.82, 2.24) is 20.0 Å². The molecule has 0 saturated carbocycles. The minimum absolute atomic E-state index is 0.0557. The van der Waals surface area contributed by atoms with Gasteiger partial charge in [-0.05, 0) is 55.0 Å². The van der Waals surface area contributed by atoms with Crippen molar-refractivity contribution in [2.24, 2.45) is 11.8 Å². The average molecular weight is 708 g/mol. The van der Waals surface area contributed by atoms with E-state index < -0.39 is 53.3 Å². The number of hydrogen-bond acceptors (Lipinski definition) is 8. The molecule has 2 unspecified atom stereocenters. The molecule has 3 heterocycles. The van der Waals surface area contributed by atoms with Crippen molar-refractivity contribution >= 4 is 23.5 Å². The zero-order valence-corrected chi connectivity index (χ0v) is 27.3. The highest BCUT2D eigenvalue weighted by molar-refractivity contribution is 6.07. The van der Waals surface area contributed by atoms with E-state index in [1.165, 1.54) is 39.7 Å². The van der Waals surface area contributed by atoms with Gasteiger partial charge in [-0.1, -0.05) is 36.4 Å². The van der Waals surface area contributed by atoms with Crippen molar-refractivity contribution in [2.75, 3.05) is 31.7 Å².